The fourth-order valence-corrected chi connectivity index (χ4v) is 2.97. The number of aryl methyl sites for hydroxylation is 2. The minimum atomic E-state index is -0.00167. The summed E-state index contributed by atoms with van der Waals surface area (Å²) >= 11 is 4.90. The summed E-state index contributed by atoms with van der Waals surface area (Å²) in [5.41, 5.74) is 0.822. The van der Waals surface area contributed by atoms with Crippen LogP contribution in [0.25, 0.3) is 0 Å². The third-order valence-corrected chi connectivity index (χ3v) is 4.24. The first-order chi connectivity index (χ1) is 7.93. The maximum atomic E-state index is 12.1. The molecule has 0 aromatic carbocycles. The van der Waals surface area contributed by atoms with Crippen molar-refractivity contribution in [3.05, 3.63) is 15.6 Å². The Balaban J connectivity index is 2.67. The van der Waals surface area contributed by atoms with Crippen molar-refractivity contribution in [3.63, 3.8) is 0 Å². The fraction of sp³-hybridized carbons (Fsp3) is 0.667. The average Bonchev–Trinajstić information content (AvgIpc) is 2.56. The number of nitrogens with zero attached hydrogens (tertiary/aromatic N) is 1. The summed E-state index contributed by atoms with van der Waals surface area (Å²) in [6.07, 6.45) is 0.980. The highest BCUT2D eigenvalue weighted by atomic mass is 79.9. The molecule has 5 heteroatoms. The van der Waals surface area contributed by atoms with Gasteiger partial charge in [0, 0.05) is 11.4 Å². The maximum Gasteiger partial charge on any atom is 0.263 e. The molecule has 1 aromatic rings. The first-order valence-corrected chi connectivity index (χ1v) is 7.68. The summed E-state index contributed by atoms with van der Waals surface area (Å²) in [4.78, 5) is 17.1. The second-order valence-electron chi connectivity index (χ2n) is 4.60. The van der Waals surface area contributed by atoms with E-state index < -0.39 is 0 Å². The van der Waals surface area contributed by atoms with Gasteiger partial charge in [-0.25, -0.2) is 4.98 Å². The highest BCUT2D eigenvalue weighted by molar-refractivity contribution is 9.09. The predicted molar refractivity (Wildman–Crippen MR) is 76.1 cm³/mol. The van der Waals surface area contributed by atoms with Crippen LogP contribution >= 0.6 is 27.3 Å². The van der Waals surface area contributed by atoms with E-state index in [2.05, 4.69) is 40.1 Å². The monoisotopic (exact) mass is 318 g/mol. The van der Waals surface area contributed by atoms with Gasteiger partial charge in [0.15, 0.2) is 0 Å². The number of rotatable bonds is 5. The Morgan fingerprint density at radius 2 is 2.12 bits per heavy atom. The van der Waals surface area contributed by atoms with Gasteiger partial charge in [0.2, 0.25) is 0 Å². The zero-order valence-electron chi connectivity index (χ0n) is 10.7. The number of hydrogen-bond acceptors (Lipinski definition) is 3. The van der Waals surface area contributed by atoms with E-state index in [1.165, 1.54) is 11.3 Å². The van der Waals surface area contributed by atoms with Crippen molar-refractivity contribution in [2.24, 2.45) is 5.92 Å². The Hall–Kier alpha value is -0.420. The quantitative estimate of drug-likeness (QED) is 0.846. The van der Waals surface area contributed by atoms with Crippen molar-refractivity contribution < 1.29 is 4.79 Å². The molecule has 0 spiro atoms. The molecule has 0 aliphatic heterocycles. The van der Waals surface area contributed by atoms with Crippen LogP contribution in [0.2, 0.25) is 0 Å². The van der Waals surface area contributed by atoms with Crippen LogP contribution in [0.3, 0.4) is 0 Å². The summed E-state index contributed by atoms with van der Waals surface area (Å²) in [5, 5.41) is 4.78. The molecule has 1 unspecified atom stereocenters. The van der Waals surface area contributed by atoms with Crippen LogP contribution in [0.1, 0.15) is 40.6 Å². The second-order valence-corrected chi connectivity index (χ2v) is 6.45. The number of amides is 1. The van der Waals surface area contributed by atoms with Gasteiger partial charge >= 0.3 is 0 Å². The molecule has 0 fully saturated rings. The van der Waals surface area contributed by atoms with E-state index in [-0.39, 0.29) is 11.9 Å². The molecule has 0 aliphatic rings. The van der Waals surface area contributed by atoms with Crippen molar-refractivity contribution >= 4 is 33.2 Å². The molecule has 0 saturated heterocycles. The van der Waals surface area contributed by atoms with Crippen LogP contribution in [0.4, 0.5) is 0 Å². The molecule has 1 aromatic heterocycles. The summed E-state index contributed by atoms with van der Waals surface area (Å²) in [5.74, 6) is 0.570. The van der Waals surface area contributed by atoms with E-state index in [0.717, 1.165) is 27.3 Å². The minimum Gasteiger partial charge on any atom is -0.348 e. The molecule has 17 heavy (non-hydrogen) atoms. The van der Waals surface area contributed by atoms with Crippen molar-refractivity contribution in [2.45, 2.75) is 40.2 Å². The SMILES string of the molecule is Cc1nc(C)c(C(=O)NC(CBr)CC(C)C)s1. The highest BCUT2D eigenvalue weighted by Gasteiger charge is 2.18. The van der Waals surface area contributed by atoms with E-state index >= 15 is 0 Å². The van der Waals surface area contributed by atoms with Crippen molar-refractivity contribution in [1.82, 2.24) is 10.3 Å². The van der Waals surface area contributed by atoms with Crippen LogP contribution < -0.4 is 5.32 Å². The molecule has 1 heterocycles. The lowest BCUT2D eigenvalue weighted by atomic mass is 10.1. The van der Waals surface area contributed by atoms with Crippen molar-refractivity contribution in [1.29, 1.82) is 0 Å². The molecule has 1 rings (SSSR count). The minimum absolute atomic E-state index is 0.00167. The number of nitrogens with one attached hydrogen (secondary N) is 1. The Bertz CT molecular complexity index is 390. The Kier molecular flexibility index (Phi) is 5.59. The maximum absolute atomic E-state index is 12.1. The van der Waals surface area contributed by atoms with Crippen LogP contribution in [-0.2, 0) is 0 Å². The molecule has 0 bridgehead atoms. The number of hydrogen-bond donors (Lipinski definition) is 1. The molecule has 1 amide bonds. The second kappa shape index (κ2) is 6.50. The van der Waals surface area contributed by atoms with Crippen LogP contribution in [-0.4, -0.2) is 22.3 Å². The Labute approximate surface area is 115 Å². The summed E-state index contributed by atoms with van der Waals surface area (Å²) in [6, 6.07) is 0.185. The third-order valence-electron chi connectivity index (χ3n) is 2.39. The molecular formula is C12H19BrN2OS. The van der Waals surface area contributed by atoms with E-state index in [1.807, 2.05) is 13.8 Å². The van der Waals surface area contributed by atoms with Crippen LogP contribution in [0, 0.1) is 19.8 Å². The van der Waals surface area contributed by atoms with Gasteiger partial charge < -0.3 is 5.32 Å². The molecule has 0 saturated carbocycles. The van der Waals surface area contributed by atoms with Gasteiger partial charge in [-0.15, -0.1) is 11.3 Å². The molecule has 96 valence electrons. The van der Waals surface area contributed by atoms with Gasteiger partial charge in [-0.05, 0) is 26.2 Å². The zero-order valence-corrected chi connectivity index (χ0v) is 13.1. The molecule has 1 N–H and O–H groups in total. The van der Waals surface area contributed by atoms with Crippen LogP contribution in [0.15, 0.2) is 0 Å². The molecule has 3 nitrogen and oxygen atoms in total. The lowest BCUT2D eigenvalue weighted by molar-refractivity contribution is 0.0940. The Morgan fingerprint density at radius 3 is 2.53 bits per heavy atom. The van der Waals surface area contributed by atoms with E-state index in [0.29, 0.717) is 5.92 Å². The fourth-order valence-electron chi connectivity index (χ4n) is 1.72. The number of alkyl halides is 1. The first kappa shape index (κ1) is 14.6. The highest BCUT2D eigenvalue weighted by Crippen LogP contribution is 2.17. The number of carbonyl (C=O) groups is 1. The predicted octanol–water partition coefficient (Wildman–Crippen LogP) is 3.30. The number of carbonyl (C=O) groups excluding carboxylic acids is 1. The van der Waals surface area contributed by atoms with Gasteiger partial charge in [-0.1, -0.05) is 29.8 Å². The third kappa shape index (κ3) is 4.39. The summed E-state index contributed by atoms with van der Waals surface area (Å²) in [7, 11) is 0. The normalized spacial score (nSPS) is 12.8. The van der Waals surface area contributed by atoms with E-state index in [9.17, 15) is 4.79 Å². The smallest absolute Gasteiger partial charge is 0.263 e. The van der Waals surface area contributed by atoms with Gasteiger partial charge in [0.1, 0.15) is 4.88 Å². The molecule has 0 radical (unpaired) electrons. The van der Waals surface area contributed by atoms with Gasteiger partial charge in [-0.2, -0.15) is 0 Å². The average molecular weight is 319 g/mol. The largest absolute Gasteiger partial charge is 0.348 e. The topological polar surface area (TPSA) is 42.0 Å². The number of thiazole rings is 1. The Morgan fingerprint density at radius 1 is 1.47 bits per heavy atom. The number of aromatic nitrogens is 1. The van der Waals surface area contributed by atoms with E-state index in [4.69, 9.17) is 0 Å². The lowest BCUT2D eigenvalue weighted by Crippen LogP contribution is -2.36. The van der Waals surface area contributed by atoms with Crippen molar-refractivity contribution in [3.8, 4) is 0 Å². The molecular weight excluding hydrogens is 300 g/mol. The molecule has 0 aliphatic carbocycles. The zero-order chi connectivity index (χ0) is 13.0. The number of halogens is 1. The standard InChI is InChI=1S/C12H19BrN2OS/c1-7(2)5-10(6-13)15-12(16)11-8(3)14-9(4)17-11/h7,10H,5-6H2,1-4H3,(H,15,16). The van der Waals surface area contributed by atoms with Crippen LogP contribution in [0.5, 0.6) is 0 Å². The van der Waals surface area contributed by atoms with Crippen molar-refractivity contribution in [2.75, 3.05) is 5.33 Å². The lowest BCUT2D eigenvalue weighted by Gasteiger charge is -2.17. The molecule has 1 atom stereocenters. The first-order valence-electron chi connectivity index (χ1n) is 5.74. The summed E-state index contributed by atoms with van der Waals surface area (Å²) < 4.78 is 0. The van der Waals surface area contributed by atoms with Gasteiger partial charge in [-0.3, -0.25) is 4.79 Å². The summed E-state index contributed by atoms with van der Waals surface area (Å²) in [6.45, 7) is 8.11. The van der Waals surface area contributed by atoms with Gasteiger partial charge in [0.25, 0.3) is 5.91 Å². The van der Waals surface area contributed by atoms with E-state index in [1.54, 1.807) is 0 Å². The van der Waals surface area contributed by atoms with Gasteiger partial charge in [0.05, 0.1) is 10.7 Å².